The van der Waals surface area contributed by atoms with E-state index in [1.54, 1.807) is 19.9 Å². The molecule has 0 atom stereocenters. The molecule has 0 fully saturated rings. The topological polar surface area (TPSA) is 57.2 Å². The molecule has 0 bridgehead atoms. The van der Waals surface area contributed by atoms with E-state index in [1.165, 1.54) is 4.90 Å². The average molecular weight is 206 g/mol. The molecule has 0 saturated heterocycles. The third-order valence-electron chi connectivity index (χ3n) is 2.20. The van der Waals surface area contributed by atoms with Crippen molar-refractivity contribution in [2.75, 3.05) is 13.1 Å². The first-order chi connectivity index (χ1) is 7.10. The van der Waals surface area contributed by atoms with Gasteiger partial charge in [-0.05, 0) is 26.8 Å². The SMILES string of the molecule is CCN(CC#N)C(=O)c1cc(C)oc1C. The van der Waals surface area contributed by atoms with Crippen molar-refractivity contribution in [3.05, 3.63) is 23.2 Å². The summed E-state index contributed by atoms with van der Waals surface area (Å²) in [7, 11) is 0. The Morgan fingerprint density at radius 3 is 2.67 bits per heavy atom. The maximum atomic E-state index is 11.9. The van der Waals surface area contributed by atoms with Crippen LogP contribution in [0.3, 0.4) is 0 Å². The van der Waals surface area contributed by atoms with Gasteiger partial charge in [-0.2, -0.15) is 5.26 Å². The van der Waals surface area contributed by atoms with Crippen molar-refractivity contribution in [3.8, 4) is 6.07 Å². The fourth-order valence-corrected chi connectivity index (χ4v) is 1.43. The first-order valence-corrected chi connectivity index (χ1v) is 4.83. The molecule has 1 amide bonds. The fourth-order valence-electron chi connectivity index (χ4n) is 1.43. The number of rotatable bonds is 3. The Hall–Kier alpha value is -1.76. The van der Waals surface area contributed by atoms with Crippen molar-refractivity contribution in [2.24, 2.45) is 0 Å². The number of furan rings is 1. The highest BCUT2D eigenvalue weighted by molar-refractivity contribution is 5.95. The number of nitrogens with zero attached hydrogens (tertiary/aromatic N) is 2. The monoisotopic (exact) mass is 206 g/mol. The van der Waals surface area contributed by atoms with Gasteiger partial charge < -0.3 is 9.32 Å². The maximum Gasteiger partial charge on any atom is 0.258 e. The lowest BCUT2D eigenvalue weighted by Crippen LogP contribution is -2.31. The molecule has 1 rings (SSSR count). The molecule has 4 nitrogen and oxygen atoms in total. The molecule has 0 aliphatic heterocycles. The van der Waals surface area contributed by atoms with Gasteiger partial charge in [-0.1, -0.05) is 0 Å². The first kappa shape index (κ1) is 11.3. The van der Waals surface area contributed by atoms with Gasteiger partial charge >= 0.3 is 0 Å². The highest BCUT2D eigenvalue weighted by Gasteiger charge is 2.18. The van der Waals surface area contributed by atoms with Crippen molar-refractivity contribution < 1.29 is 9.21 Å². The minimum Gasteiger partial charge on any atom is -0.466 e. The quantitative estimate of drug-likeness (QED) is 0.709. The van der Waals surface area contributed by atoms with Crippen LogP contribution < -0.4 is 0 Å². The van der Waals surface area contributed by atoms with Crippen LogP contribution in [-0.4, -0.2) is 23.9 Å². The zero-order valence-corrected chi connectivity index (χ0v) is 9.20. The summed E-state index contributed by atoms with van der Waals surface area (Å²) < 4.78 is 5.28. The van der Waals surface area contributed by atoms with Crippen molar-refractivity contribution >= 4 is 5.91 Å². The molecule has 15 heavy (non-hydrogen) atoms. The molecule has 1 heterocycles. The highest BCUT2D eigenvalue weighted by Crippen LogP contribution is 2.15. The minimum absolute atomic E-state index is 0.110. The normalized spacial score (nSPS) is 9.73. The van der Waals surface area contributed by atoms with Crippen LogP contribution in [-0.2, 0) is 0 Å². The van der Waals surface area contributed by atoms with Crippen molar-refractivity contribution in [1.82, 2.24) is 4.90 Å². The van der Waals surface area contributed by atoms with Crippen LogP contribution in [0.2, 0.25) is 0 Å². The van der Waals surface area contributed by atoms with Gasteiger partial charge in [0.25, 0.3) is 5.91 Å². The van der Waals surface area contributed by atoms with E-state index in [4.69, 9.17) is 9.68 Å². The van der Waals surface area contributed by atoms with Crippen LogP contribution in [0.4, 0.5) is 0 Å². The van der Waals surface area contributed by atoms with Gasteiger partial charge in [-0.15, -0.1) is 0 Å². The Bertz CT molecular complexity index is 401. The second-order valence-corrected chi connectivity index (χ2v) is 3.30. The summed E-state index contributed by atoms with van der Waals surface area (Å²) in [6.07, 6.45) is 0. The summed E-state index contributed by atoms with van der Waals surface area (Å²) in [4.78, 5) is 13.4. The maximum absolute atomic E-state index is 11.9. The number of aryl methyl sites for hydroxylation is 2. The summed E-state index contributed by atoms with van der Waals surface area (Å²) >= 11 is 0. The Labute approximate surface area is 89.1 Å². The van der Waals surface area contributed by atoms with E-state index in [-0.39, 0.29) is 12.5 Å². The molecule has 0 spiro atoms. The summed E-state index contributed by atoms with van der Waals surface area (Å²) in [5.74, 6) is 1.17. The number of hydrogen-bond donors (Lipinski definition) is 0. The van der Waals surface area contributed by atoms with Crippen molar-refractivity contribution in [3.63, 3.8) is 0 Å². The first-order valence-electron chi connectivity index (χ1n) is 4.83. The van der Waals surface area contributed by atoms with Gasteiger partial charge in [0.05, 0.1) is 11.6 Å². The van der Waals surface area contributed by atoms with Gasteiger partial charge in [0.2, 0.25) is 0 Å². The minimum atomic E-state index is -0.145. The Morgan fingerprint density at radius 2 is 2.27 bits per heavy atom. The van der Waals surface area contributed by atoms with Crippen LogP contribution in [0, 0.1) is 25.2 Å². The molecular weight excluding hydrogens is 192 g/mol. The third kappa shape index (κ3) is 2.38. The Balaban J connectivity index is 2.93. The second-order valence-electron chi connectivity index (χ2n) is 3.30. The largest absolute Gasteiger partial charge is 0.466 e. The van der Waals surface area contributed by atoms with Crippen LogP contribution in [0.1, 0.15) is 28.8 Å². The number of carbonyl (C=O) groups is 1. The lowest BCUT2D eigenvalue weighted by molar-refractivity contribution is 0.0782. The van der Waals surface area contributed by atoms with Gasteiger partial charge in [0.1, 0.15) is 18.1 Å². The molecule has 0 saturated carbocycles. The second kappa shape index (κ2) is 4.65. The van der Waals surface area contributed by atoms with Gasteiger partial charge in [-0.25, -0.2) is 0 Å². The van der Waals surface area contributed by atoms with Crippen LogP contribution in [0.15, 0.2) is 10.5 Å². The summed E-state index contributed by atoms with van der Waals surface area (Å²) in [5.41, 5.74) is 0.546. The van der Waals surface area contributed by atoms with Crippen LogP contribution in [0.5, 0.6) is 0 Å². The smallest absolute Gasteiger partial charge is 0.258 e. The highest BCUT2D eigenvalue weighted by atomic mass is 16.3. The Kier molecular flexibility index (Phi) is 3.51. The van der Waals surface area contributed by atoms with Gasteiger partial charge in [0, 0.05) is 6.54 Å². The molecule has 80 valence electrons. The van der Waals surface area contributed by atoms with E-state index < -0.39 is 0 Å². The molecular formula is C11H14N2O2. The predicted octanol–water partition coefficient (Wildman–Crippen LogP) is 1.88. The molecule has 0 aromatic carbocycles. The molecule has 0 radical (unpaired) electrons. The zero-order chi connectivity index (χ0) is 11.4. The third-order valence-corrected chi connectivity index (χ3v) is 2.20. The average Bonchev–Trinajstić information content (AvgIpc) is 2.53. The predicted molar refractivity (Wildman–Crippen MR) is 55.4 cm³/mol. The number of carbonyl (C=O) groups excluding carboxylic acids is 1. The van der Waals surface area contributed by atoms with E-state index in [2.05, 4.69) is 0 Å². The lowest BCUT2D eigenvalue weighted by atomic mass is 10.2. The summed E-state index contributed by atoms with van der Waals surface area (Å²) in [5, 5.41) is 8.57. The number of nitriles is 1. The standard InChI is InChI=1S/C11H14N2O2/c1-4-13(6-5-12)11(14)10-7-8(2)15-9(10)3/h7H,4,6H2,1-3H3. The lowest BCUT2D eigenvalue weighted by Gasteiger charge is -2.16. The van der Waals surface area contributed by atoms with Crippen molar-refractivity contribution in [1.29, 1.82) is 5.26 Å². The molecule has 0 aliphatic rings. The Morgan fingerprint density at radius 1 is 1.60 bits per heavy atom. The molecule has 1 aromatic rings. The number of amides is 1. The van der Waals surface area contributed by atoms with Crippen LogP contribution >= 0.6 is 0 Å². The number of hydrogen-bond acceptors (Lipinski definition) is 3. The van der Waals surface area contributed by atoms with Gasteiger partial charge in [-0.3, -0.25) is 4.79 Å². The van der Waals surface area contributed by atoms with E-state index in [9.17, 15) is 4.79 Å². The zero-order valence-electron chi connectivity index (χ0n) is 9.20. The van der Waals surface area contributed by atoms with E-state index in [0.29, 0.717) is 23.6 Å². The molecule has 0 unspecified atom stereocenters. The molecule has 4 heteroatoms. The van der Waals surface area contributed by atoms with Gasteiger partial charge in [0.15, 0.2) is 0 Å². The van der Waals surface area contributed by atoms with Crippen molar-refractivity contribution in [2.45, 2.75) is 20.8 Å². The molecule has 1 aromatic heterocycles. The van der Waals surface area contributed by atoms with E-state index >= 15 is 0 Å². The molecule has 0 aliphatic carbocycles. The fraction of sp³-hybridized carbons (Fsp3) is 0.455. The van der Waals surface area contributed by atoms with Crippen LogP contribution in [0.25, 0.3) is 0 Å². The summed E-state index contributed by atoms with van der Waals surface area (Å²) in [6, 6.07) is 3.68. The summed E-state index contributed by atoms with van der Waals surface area (Å²) in [6.45, 7) is 6.03. The van der Waals surface area contributed by atoms with E-state index in [0.717, 1.165) is 0 Å². The molecule has 0 N–H and O–H groups in total. The van der Waals surface area contributed by atoms with E-state index in [1.807, 2.05) is 13.0 Å².